The molecule has 2 amide bonds. The van der Waals surface area contributed by atoms with Crippen molar-refractivity contribution in [3.05, 3.63) is 76.6 Å². The number of carbonyl (C=O) groups excluding carboxylic acids is 2. The minimum Gasteiger partial charge on any atom is -0.342 e. The van der Waals surface area contributed by atoms with Gasteiger partial charge in [-0.2, -0.15) is 23.1 Å². The van der Waals surface area contributed by atoms with Gasteiger partial charge < -0.3 is 15.6 Å². The molecule has 0 radical (unpaired) electrons. The molecule has 1 saturated carbocycles. The zero-order valence-corrected chi connectivity index (χ0v) is 21.2. The molecule has 41 heavy (non-hydrogen) atoms. The highest BCUT2D eigenvalue weighted by Gasteiger charge is 2.47. The summed E-state index contributed by atoms with van der Waals surface area (Å²) in [6, 6.07) is 8.57. The third kappa shape index (κ3) is 6.09. The number of hydrazine groups is 2. The van der Waals surface area contributed by atoms with E-state index >= 15 is 0 Å². The number of nitrogens with zero attached hydrogens (tertiary/aromatic N) is 2. The molecule has 0 bridgehead atoms. The van der Waals surface area contributed by atoms with Gasteiger partial charge in [0.2, 0.25) is 23.7 Å². The summed E-state index contributed by atoms with van der Waals surface area (Å²) in [5, 5.41) is 2.66. The Morgan fingerprint density at radius 3 is 2.44 bits per heavy atom. The van der Waals surface area contributed by atoms with Crippen LogP contribution in [0.4, 0.5) is 30.7 Å². The molecule has 3 atom stereocenters. The molecule has 2 fully saturated rings. The second-order valence-electron chi connectivity index (χ2n) is 10.2. The number of aromatic nitrogens is 1. The highest BCUT2D eigenvalue weighted by atomic mass is 19.4. The Bertz CT molecular complexity index is 1350. The number of likely N-dealkylation sites (tertiary alicyclic amines) is 1. The Kier molecular flexibility index (Phi) is 7.57. The molecular weight excluding hydrogens is 561 g/mol. The first-order valence-corrected chi connectivity index (χ1v) is 12.7. The monoisotopic (exact) mass is 586 g/mol. The maximum atomic E-state index is 14.9. The van der Waals surface area contributed by atoms with Crippen molar-refractivity contribution in [2.75, 3.05) is 6.54 Å². The standard InChI is InChI=1S/C26H25F7N6O2/c27-15-8-19(39(12-15)20(40)9-18-22(26(31,32)33)37-38-36-18)24(41)35-21(13-4-2-1-3-5-13)17-7-6-16(23(28)34-17)14-10-25(29,30)11-14/h1-7,14-15,19,21,36-38H,8-12H2,(H,35,41)/t15-,19+,21+/m1/s1. The number of alkyl halides is 6. The molecule has 1 aromatic heterocycles. The maximum absolute atomic E-state index is 14.9. The molecule has 8 nitrogen and oxygen atoms in total. The topological polar surface area (TPSA) is 98.4 Å². The molecule has 15 heteroatoms. The quantitative estimate of drug-likeness (QED) is 0.292. The molecule has 1 aromatic carbocycles. The number of hydrogen-bond acceptors (Lipinski definition) is 6. The van der Waals surface area contributed by atoms with Crippen molar-refractivity contribution in [3.8, 4) is 0 Å². The summed E-state index contributed by atoms with van der Waals surface area (Å²) in [6.45, 7) is -0.504. The smallest absolute Gasteiger partial charge is 0.342 e. The molecule has 0 spiro atoms. The molecule has 5 rings (SSSR count). The van der Waals surface area contributed by atoms with Crippen LogP contribution in [0.25, 0.3) is 0 Å². The van der Waals surface area contributed by atoms with E-state index in [4.69, 9.17) is 0 Å². The predicted octanol–water partition coefficient (Wildman–Crippen LogP) is 3.65. The molecule has 3 heterocycles. The summed E-state index contributed by atoms with van der Waals surface area (Å²) in [6.07, 6.45) is -8.58. The number of pyridine rings is 1. The lowest BCUT2D eigenvalue weighted by Crippen LogP contribution is -2.47. The number of carbonyl (C=O) groups is 2. The van der Waals surface area contributed by atoms with Crippen LogP contribution in [-0.4, -0.2) is 52.6 Å². The van der Waals surface area contributed by atoms with Crippen LogP contribution in [0, 0.1) is 5.95 Å². The number of nitrogens with one attached hydrogen (secondary N) is 4. The Morgan fingerprint density at radius 2 is 1.80 bits per heavy atom. The van der Waals surface area contributed by atoms with Crippen LogP contribution in [0.1, 0.15) is 54.5 Å². The first-order valence-electron chi connectivity index (χ1n) is 12.7. The van der Waals surface area contributed by atoms with Gasteiger partial charge >= 0.3 is 6.18 Å². The van der Waals surface area contributed by atoms with Crippen LogP contribution in [0.3, 0.4) is 0 Å². The molecule has 2 aliphatic heterocycles. The molecule has 1 saturated heterocycles. The predicted molar refractivity (Wildman–Crippen MR) is 130 cm³/mol. The van der Waals surface area contributed by atoms with Gasteiger partial charge in [0.05, 0.1) is 30.4 Å². The highest BCUT2D eigenvalue weighted by Crippen LogP contribution is 2.48. The van der Waals surface area contributed by atoms with Crippen LogP contribution in [0.2, 0.25) is 0 Å². The summed E-state index contributed by atoms with van der Waals surface area (Å²) in [7, 11) is 0. The lowest BCUT2D eigenvalue weighted by molar-refractivity contribution is -0.138. The van der Waals surface area contributed by atoms with Gasteiger partial charge in [-0.05, 0) is 17.5 Å². The van der Waals surface area contributed by atoms with E-state index in [1.54, 1.807) is 30.3 Å². The van der Waals surface area contributed by atoms with Crippen molar-refractivity contribution in [2.24, 2.45) is 0 Å². The molecule has 220 valence electrons. The first kappa shape index (κ1) is 28.6. The summed E-state index contributed by atoms with van der Waals surface area (Å²) >= 11 is 0. The van der Waals surface area contributed by atoms with Gasteiger partial charge in [-0.15, -0.1) is 0 Å². The average Bonchev–Trinajstić information content (AvgIpc) is 3.53. The van der Waals surface area contributed by atoms with Crippen molar-refractivity contribution in [2.45, 2.75) is 62.0 Å². The Morgan fingerprint density at radius 1 is 1.10 bits per heavy atom. The fraction of sp³-hybridized carbons (Fsp3) is 0.423. The molecule has 2 aromatic rings. The van der Waals surface area contributed by atoms with Crippen LogP contribution >= 0.6 is 0 Å². The van der Waals surface area contributed by atoms with E-state index in [1.165, 1.54) is 12.1 Å². The van der Waals surface area contributed by atoms with Gasteiger partial charge in [-0.3, -0.25) is 15.0 Å². The zero-order chi connectivity index (χ0) is 29.5. The number of allylic oxidation sites excluding steroid dienone is 1. The molecule has 1 aliphatic carbocycles. The zero-order valence-electron chi connectivity index (χ0n) is 21.2. The van der Waals surface area contributed by atoms with E-state index in [0.717, 1.165) is 4.90 Å². The third-order valence-corrected chi connectivity index (χ3v) is 7.33. The number of halogens is 7. The van der Waals surface area contributed by atoms with Crippen LogP contribution < -0.4 is 21.7 Å². The summed E-state index contributed by atoms with van der Waals surface area (Å²) in [5.74, 6) is -6.25. The second kappa shape index (κ2) is 10.8. The maximum Gasteiger partial charge on any atom is 0.434 e. The van der Waals surface area contributed by atoms with Crippen molar-refractivity contribution < 1.29 is 40.3 Å². The van der Waals surface area contributed by atoms with Crippen LogP contribution in [0.15, 0.2) is 53.9 Å². The lowest BCUT2D eigenvalue weighted by atomic mass is 9.77. The summed E-state index contributed by atoms with van der Waals surface area (Å²) in [4.78, 5) is 31.2. The van der Waals surface area contributed by atoms with E-state index in [9.17, 15) is 40.3 Å². The van der Waals surface area contributed by atoms with Gasteiger partial charge in [-0.25, -0.2) is 18.2 Å². The third-order valence-electron chi connectivity index (χ3n) is 7.33. The summed E-state index contributed by atoms with van der Waals surface area (Å²) in [5.41, 5.74) is 4.94. The highest BCUT2D eigenvalue weighted by molar-refractivity contribution is 5.89. The van der Waals surface area contributed by atoms with Gasteiger partial charge in [0.25, 0.3) is 0 Å². The Labute approximate surface area is 229 Å². The van der Waals surface area contributed by atoms with Crippen molar-refractivity contribution in [1.82, 2.24) is 31.6 Å². The van der Waals surface area contributed by atoms with Gasteiger partial charge in [0, 0.05) is 24.8 Å². The molecule has 3 aliphatic rings. The first-order chi connectivity index (χ1) is 19.3. The second-order valence-corrected chi connectivity index (χ2v) is 10.2. The minimum atomic E-state index is -4.79. The minimum absolute atomic E-state index is 0.0303. The molecule has 0 unspecified atom stereocenters. The SMILES string of the molecule is O=C(N[C@@H](c1ccccc1)c1ccc(C2CC(F)(F)C2)c(F)n1)[C@@H]1C[C@@H](F)CN1C(=O)CC1=C(C(F)(F)F)NNN1. The largest absolute Gasteiger partial charge is 0.434 e. The van der Waals surface area contributed by atoms with Crippen molar-refractivity contribution in [3.63, 3.8) is 0 Å². The van der Waals surface area contributed by atoms with Gasteiger partial charge in [0.1, 0.15) is 12.2 Å². The van der Waals surface area contributed by atoms with Gasteiger partial charge in [-0.1, -0.05) is 36.4 Å². The van der Waals surface area contributed by atoms with Gasteiger partial charge in [0.15, 0.2) is 5.70 Å². The van der Waals surface area contributed by atoms with Crippen LogP contribution in [-0.2, 0) is 9.59 Å². The number of rotatable bonds is 7. The van der Waals surface area contributed by atoms with Crippen molar-refractivity contribution >= 4 is 11.8 Å². The number of benzene rings is 1. The molecule has 4 N–H and O–H groups in total. The lowest BCUT2D eigenvalue weighted by Gasteiger charge is -2.35. The van der Waals surface area contributed by atoms with E-state index in [1.807, 2.05) is 5.43 Å². The number of hydrogen-bond donors (Lipinski definition) is 4. The van der Waals surface area contributed by atoms with E-state index < -0.39 is 97.7 Å². The Balaban J connectivity index is 1.36. The average molecular weight is 587 g/mol. The number of amides is 2. The Hall–Kier alpha value is -3.88. The fourth-order valence-corrected chi connectivity index (χ4v) is 5.26. The normalized spacial score (nSPS) is 23.0. The summed E-state index contributed by atoms with van der Waals surface area (Å²) < 4.78 is 95.7. The van der Waals surface area contributed by atoms with E-state index in [0.29, 0.717) is 5.56 Å². The van der Waals surface area contributed by atoms with E-state index in [2.05, 4.69) is 21.3 Å². The fourth-order valence-electron chi connectivity index (χ4n) is 5.26. The van der Waals surface area contributed by atoms with Crippen LogP contribution in [0.5, 0.6) is 0 Å². The van der Waals surface area contributed by atoms with E-state index in [-0.39, 0.29) is 11.3 Å². The molecular formula is C26H25F7N6O2. The van der Waals surface area contributed by atoms with Crippen molar-refractivity contribution in [1.29, 1.82) is 0 Å².